The van der Waals surface area contributed by atoms with Crippen LogP contribution in [0.15, 0.2) is 28.7 Å². The molecule has 1 aliphatic heterocycles. The van der Waals surface area contributed by atoms with Crippen molar-refractivity contribution < 1.29 is 8.42 Å². The summed E-state index contributed by atoms with van der Waals surface area (Å²) in [7, 11) is -2.83. The molecule has 0 spiro atoms. The maximum atomic E-state index is 11.7. The van der Waals surface area contributed by atoms with Crippen molar-refractivity contribution in [2.24, 2.45) is 5.92 Å². The molecule has 0 saturated carbocycles. The van der Waals surface area contributed by atoms with Gasteiger partial charge in [0.25, 0.3) is 0 Å². The maximum Gasteiger partial charge on any atom is 0.150 e. The molecule has 1 aliphatic rings. The zero-order chi connectivity index (χ0) is 13.9. The first-order valence-electron chi connectivity index (χ1n) is 6.71. The molecule has 0 aliphatic carbocycles. The summed E-state index contributed by atoms with van der Waals surface area (Å²) in [6.45, 7) is 3.04. The molecule has 2 atom stereocenters. The normalized spacial score (nSPS) is 23.4. The summed E-state index contributed by atoms with van der Waals surface area (Å²) in [5.74, 6) is 0.834. The lowest BCUT2D eigenvalue weighted by atomic mass is 9.92. The Labute approximate surface area is 123 Å². The van der Waals surface area contributed by atoms with Crippen LogP contribution >= 0.6 is 15.9 Å². The zero-order valence-corrected chi connectivity index (χ0v) is 13.5. The molecule has 0 amide bonds. The number of halogens is 1. The fraction of sp³-hybridized carbons (Fsp3) is 0.571. The van der Waals surface area contributed by atoms with Gasteiger partial charge in [0.2, 0.25) is 0 Å². The van der Waals surface area contributed by atoms with Gasteiger partial charge >= 0.3 is 0 Å². The van der Waals surface area contributed by atoms with E-state index in [4.69, 9.17) is 0 Å². The first kappa shape index (κ1) is 15.0. The van der Waals surface area contributed by atoms with Crippen molar-refractivity contribution in [2.75, 3.05) is 18.1 Å². The molecule has 1 fully saturated rings. The number of rotatable bonds is 5. The average Bonchev–Trinajstić information content (AvgIpc) is 2.72. The van der Waals surface area contributed by atoms with Gasteiger partial charge in [-0.15, -0.1) is 0 Å². The summed E-state index contributed by atoms with van der Waals surface area (Å²) in [5, 5.41) is 3.51. The Morgan fingerprint density at radius 1 is 1.37 bits per heavy atom. The van der Waals surface area contributed by atoms with Crippen LogP contribution in [0.2, 0.25) is 0 Å². The third-order valence-electron chi connectivity index (χ3n) is 3.58. The van der Waals surface area contributed by atoms with E-state index in [0.29, 0.717) is 11.5 Å². The van der Waals surface area contributed by atoms with E-state index in [2.05, 4.69) is 40.3 Å². The highest BCUT2D eigenvalue weighted by Crippen LogP contribution is 2.32. The number of nitrogens with one attached hydrogen (secondary N) is 1. The summed E-state index contributed by atoms with van der Waals surface area (Å²) >= 11 is 3.43. The van der Waals surface area contributed by atoms with E-state index in [0.717, 1.165) is 23.9 Å². The van der Waals surface area contributed by atoms with Crippen molar-refractivity contribution in [3.8, 4) is 0 Å². The van der Waals surface area contributed by atoms with E-state index in [9.17, 15) is 8.42 Å². The van der Waals surface area contributed by atoms with E-state index < -0.39 is 9.84 Å². The van der Waals surface area contributed by atoms with E-state index in [1.54, 1.807) is 0 Å². The Morgan fingerprint density at radius 2 is 2.05 bits per heavy atom. The van der Waals surface area contributed by atoms with Crippen LogP contribution in [0.25, 0.3) is 0 Å². The summed E-state index contributed by atoms with van der Waals surface area (Å²) in [6.07, 6.45) is 1.81. The van der Waals surface area contributed by atoms with Crippen LogP contribution in [0.1, 0.15) is 31.4 Å². The van der Waals surface area contributed by atoms with Crippen molar-refractivity contribution in [1.82, 2.24) is 5.32 Å². The summed E-state index contributed by atoms with van der Waals surface area (Å²) in [6, 6.07) is 8.31. The van der Waals surface area contributed by atoms with Crippen LogP contribution in [-0.2, 0) is 9.84 Å². The van der Waals surface area contributed by atoms with E-state index in [1.807, 2.05) is 12.1 Å². The van der Waals surface area contributed by atoms with E-state index in [-0.39, 0.29) is 12.0 Å². The first-order chi connectivity index (χ1) is 9.02. The lowest BCUT2D eigenvalue weighted by Crippen LogP contribution is -2.29. The van der Waals surface area contributed by atoms with Crippen LogP contribution in [-0.4, -0.2) is 26.5 Å². The van der Waals surface area contributed by atoms with Crippen molar-refractivity contribution in [3.63, 3.8) is 0 Å². The SMILES string of the molecule is CCCNC(c1ccc(Br)cc1)C1CCS(=O)(=O)C1. The highest BCUT2D eigenvalue weighted by Gasteiger charge is 2.34. The van der Waals surface area contributed by atoms with E-state index >= 15 is 0 Å². The highest BCUT2D eigenvalue weighted by atomic mass is 79.9. The van der Waals surface area contributed by atoms with E-state index in [1.165, 1.54) is 5.56 Å². The molecule has 5 heteroatoms. The summed E-state index contributed by atoms with van der Waals surface area (Å²) in [5.41, 5.74) is 1.18. The molecule has 1 saturated heterocycles. The highest BCUT2D eigenvalue weighted by molar-refractivity contribution is 9.10. The van der Waals surface area contributed by atoms with Gasteiger partial charge in [-0.25, -0.2) is 8.42 Å². The average molecular weight is 346 g/mol. The number of hydrogen-bond acceptors (Lipinski definition) is 3. The smallest absolute Gasteiger partial charge is 0.150 e. The largest absolute Gasteiger partial charge is 0.310 e. The van der Waals surface area contributed by atoms with Gasteiger partial charge < -0.3 is 5.32 Å². The predicted molar refractivity (Wildman–Crippen MR) is 81.9 cm³/mol. The topological polar surface area (TPSA) is 46.2 Å². The number of sulfone groups is 1. The molecule has 2 rings (SSSR count). The Balaban J connectivity index is 2.18. The van der Waals surface area contributed by atoms with Gasteiger partial charge in [-0.2, -0.15) is 0 Å². The van der Waals surface area contributed by atoms with Crippen LogP contribution in [0.5, 0.6) is 0 Å². The molecule has 1 aromatic carbocycles. The van der Waals surface area contributed by atoms with Gasteiger partial charge in [0.15, 0.2) is 9.84 Å². The Bertz CT molecular complexity index is 513. The van der Waals surface area contributed by atoms with Crippen molar-refractivity contribution >= 4 is 25.8 Å². The van der Waals surface area contributed by atoms with Crippen molar-refractivity contribution in [3.05, 3.63) is 34.3 Å². The molecular formula is C14H20BrNO2S. The monoisotopic (exact) mass is 345 g/mol. The Hall–Kier alpha value is -0.390. The Morgan fingerprint density at radius 3 is 2.58 bits per heavy atom. The fourth-order valence-electron chi connectivity index (χ4n) is 2.61. The Kier molecular flexibility index (Phi) is 5.03. The van der Waals surface area contributed by atoms with Gasteiger partial charge in [0, 0.05) is 10.5 Å². The number of hydrogen-bond donors (Lipinski definition) is 1. The van der Waals surface area contributed by atoms with Crippen LogP contribution in [0.3, 0.4) is 0 Å². The quantitative estimate of drug-likeness (QED) is 0.892. The standard InChI is InChI=1S/C14H20BrNO2S/c1-2-8-16-14(11-3-5-13(15)6-4-11)12-7-9-19(17,18)10-12/h3-6,12,14,16H,2,7-10H2,1H3. The van der Waals surface area contributed by atoms with Gasteiger partial charge in [-0.3, -0.25) is 0 Å². The minimum absolute atomic E-state index is 0.144. The van der Waals surface area contributed by atoms with Crippen LogP contribution in [0, 0.1) is 5.92 Å². The molecule has 1 heterocycles. The second-order valence-corrected chi connectivity index (χ2v) is 8.29. The fourth-order valence-corrected chi connectivity index (χ4v) is 4.72. The minimum atomic E-state index is -2.83. The van der Waals surface area contributed by atoms with Gasteiger partial charge in [0.05, 0.1) is 11.5 Å². The van der Waals surface area contributed by atoms with Crippen molar-refractivity contribution in [1.29, 1.82) is 0 Å². The zero-order valence-electron chi connectivity index (χ0n) is 11.1. The second kappa shape index (κ2) is 6.37. The summed E-state index contributed by atoms with van der Waals surface area (Å²) in [4.78, 5) is 0. The van der Waals surface area contributed by atoms with Gasteiger partial charge in [0.1, 0.15) is 0 Å². The third-order valence-corrected chi connectivity index (χ3v) is 5.90. The molecule has 0 aromatic heterocycles. The molecule has 2 unspecified atom stereocenters. The molecule has 106 valence electrons. The molecule has 1 N–H and O–H groups in total. The minimum Gasteiger partial charge on any atom is -0.310 e. The molecule has 0 radical (unpaired) electrons. The van der Waals surface area contributed by atoms with Crippen molar-refractivity contribution in [2.45, 2.75) is 25.8 Å². The molecule has 3 nitrogen and oxygen atoms in total. The molecule has 1 aromatic rings. The molecular weight excluding hydrogens is 326 g/mol. The van der Waals surface area contributed by atoms with Gasteiger partial charge in [-0.1, -0.05) is 35.0 Å². The third kappa shape index (κ3) is 4.04. The first-order valence-corrected chi connectivity index (χ1v) is 9.32. The summed E-state index contributed by atoms with van der Waals surface area (Å²) < 4.78 is 24.4. The maximum absolute atomic E-state index is 11.7. The number of benzene rings is 1. The van der Waals surface area contributed by atoms with Crippen LogP contribution in [0.4, 0.5) is 0 Å². The predicted octanol–water partition coefficient (Wildman–Crippen LogP) is 2.92. The lowest BCUT2D eigenvalue weighted by molar-refractivity contribution is 0.393. The lowest BCUT2D eigenvalue weighted by Gasteiger charge is -2.24. The molecule has 19 heavy (non-hydrogen) atoms. The van der Waals surface area contributed by atoms with Crippen LogP contribution < -0.4 is 5.32 Å². The van der Waals surface area contributed by atoms with Gasteiger partial charge in [-0.05, 0) is 43.0 Å². The second-order valence-electron chi connectivity index (χ2n) is 5.15. The molecule has 0 bridgehead atoms.